The van der Waals surface area contributed by atoms with E-state index in [1.165, 1.54) is 0 Å². The predicted octanol–water partition coefficient (Wildman–Crippen LogP) is 2.92. The van der Waals surface area contributed by atoms with Gasteiger partial charge >= 0.3 is 12.1 Å². The van der Waals surface area contributed by atoms with Gasteiger partial charge in [-0.2, -0.15) is 0 Å². The maximum absolute atomic E-state index is 12.5. The van der Waals surface area contributed by atoms with Crippen LogP contribution in [-0.2, 0) is 19.0 Å². The van der Waals surface area contributed by atoms with Crippen LogP contribution in [0.15, 0.2) is 0 Å². The van der Waals surface area contributed by atoms with Gasteiger partial charge in [0.05, 0.1) is 5.41 Å². The van der Waals surface area contributed by atoms with Crippen LogP contribution >= 0.6 is 0 Å². The van der Waals surface area contributed by atoms with Gasteiger partial charge in [0.25, 0.3) is 0 Å². The molecule has 0 amide bonds. The molecule has 0 N–H and O–H groups in total. The molecule has 0 bridgehead atoms. The highest BCUT2D eigenvalue weighted by atomic mass is 16.8. The first-order valence-electron chi connectivity index (χ1n) is 7.06. The Labute approximate surface area is 120 Å². The molecule has 2 unspecified atom stereocenters. The summed E-state index contributed by atoms with van der Waals surface area (Å²) in [4.78, 5) is 23.3. The number of carbonyl (C=O) groups is 2. The lowest BCUT2D eigenvalue weighted by molar-refractivity contribution is -0.155. The molecule has 1 aliphatic heterocycles. The van der Waals surface area contributed by atoms with Crippen molar-refractivity contribution in [3.8, 4) is 0 Å². The van der Waals surface area contributed by atoms with Gasteiger partial charge in [0.15, 0.2) is 6.10 Å². The van der Waals surface area contributed by atoms with Gasteiger partial charge in [-0.1, -0.05) is 34.6 Å². The molecule has 5 nitrogen and oxygen atoms in total. The number of hydrogen-bond donors (Lipinski definition) is 0. The summed E-state index contributed by atoms with van der Waals surface area (Å²) in [5.41, 5.74) is -0.370. The van der Waals surface area contributed by atoms with E-state index in [2.05, 4.69) is 39.4 Å². The number of cyclic esters (lactones) is 2. The van der Waals surface area contributed by atoms with Crippen molar-refractivity contribution in [2.24, 2.45) is 16.2 Å². The molecule has 2 atom stereocenters. The molecule has 2 aliphatic rings. The Morgan fingerprint density at radius 2 is 2.00 bits per heavy atom. The van der Waals surface area contributed by atoms with Gasteiger partial charge < -0.3 is 14.2 Å². The standard InChI is InChI=1S/C15H24O5/c1-13(2,3)8-15(9-14(15,4)5)11(16)18-6-10-7-19-12(17)20-10/h10H,6-9H2,1-5H3. The van der Waals surface area contributed by atoms with Crippen molar-refractivity contribution in [1.29, 1.82) is 0 Å². The molecule has 1 saturated heterocycles. The van der Waals surface area contributed by atoms with Crippen LogP contribution in [0.1, 0.15) is 47.5 Å². The van der Waals surface area contributed by atoms with E-state index in [0.717, 1.165) is 12.8 Å². The number of hydrogen-bond acceptors (Lipinski definition) is 5. The van der Waals surface area contributed by atoms with Gasteiger partial charge in [0.1, 0.15) is 13.2 Å². The van der Waals surface area contributed by atoms with Crippen LogP contribution in [0.3, 0.4) is 0 Å². The van der Waals surface area contributed by atoms with Crippen molar-refractivity contribution in [1.82, 2.24) is 0 Å². The Kier molecular flexibility index (Phi) is 3.51. The third kappa shape index (κ3) is 2.91. The Morgan fingerprint density at radius 1 is 1.40 bits per heavy atom. The van der Waals surface area contributed by atoms with Gasteiger partial charge in [0, 0.05) is 0 Å². The molecule has 0 aromatic heterocycles. The van der Waals surface area contributed by atoms with E-state index in [0.29, 0.717) is 0 Å². The number of rotatable bonds is 4. The maximum Gasteiger partial charge on any atom is 0.508 e. The lowest BCUT2D eigenvalue weighted by Gasteiger charge is -2.27. The third-order valence-corrected chi connectivity index (χ3v) is 4.19. The zero-order valence-corrected chi connectivity index (χ0v) is 12.9. The second kappa shape index (κ2) is 4.64. The molecule has 0 aromatic rings. The van der Waals surface area contributed by atoms with Crippen LogP contribution in [0.4, 0.5) is 4.79 Å². The number of ether oxygens (including phenoxy) is 3. The summed E-state index contributed by atoms with van der Waals surface area (Å²) in [5.74, 6) is -0.180. The highest BCUT2D eigenvalue weighted by Gasteiger charge is 2.67. The fraction of sp³-hybridized carbons (Fsp3) is 0.867. The molecule has 0 aromatic carbocycles. The zero-order chi connectivity index (χ0) is 15.2. The van der Waals surface area contributed by atoms with Crippen molar-refractivity contribution in [3.05, 3.63) is 0 Å². The van der Waals surface area contributed by atoms with E-state index < -0.39 is 17.7 Å². The van der Waals surface area contributed by atoms with Crippen LogP contribution in [0, 0.1) is 16.2 Å². The fourth-order valence-electron chi connectivity index (χ4n) is 3.09. The lowest BCUT2D eigenvalue weighted by atomic mass is 9.79. The van der Waals surface area contributed by atoms with Crippen LogP contribution < -0.4 is 0 Å². The molecule has 1 heterocycles. The highest BCUT2D eigenvalue weighted by Crippen LogP contribution is 2.68. The molecule has 2 rings (SSSR count). The largest absolute Gasteiger partial charge is 0.508 e. The number of carbonyl (C=O) groups excluding carboxylic acids is 2. The molecular formula is C15H24O5. The molecular weight excluding hydrogens is 260 g/mol. The summed E-state index contributed by atoms with van der Waals surface area (Å²) in [6.45, 7) is 10.8. The summed E-state index contributed by atoms with van der Waals surface area (Å²) in [6, 6.07) is 0. The average Bonchev–Trinajstić information content (AvgIpc) is 2.65. The monoisotopic (exact) mass is 284 g/mol. The minimum atomic E-state index is -0.692. The molecule has 0 radical (unpaired) electrons. The molecule has 114 valence electrons. The van der Waals surface area contributed by atoms with Crippen molar-refractivity contribution in [2.75, 3.05) is 13.2 Å². The Hall–Kier alpha value is -1.26. The average molecular weight is 284 g/mol. The van der Waals surface area contributed by atoms with E-state index in [1.807, 2.05) is 0 Å². The van der Waals surface area contributed by atoms with Crippen LogP contribution in [0.5, 0.6) is 0 Å². The summed E-state index contributed by atoms with van der Waals surface area (Å²) < 4.78 is 14.9. The summed E-state index contributed by atoms with van der Waals surface area (Å²) in [5, 5.41) is 0. The lowest BCUT2D eigenvalue weighted by Crippen LogP contribution is -2.31. The second-order valence-corrected chi connectivity index (χ2v) is 7.78. The van der Waals surface area contributed by atoms with Gasteiger partial charge in [-0.3, -0.25) is 4.79 Å². The topological polar surface area (TPSA) is 61.8 Å². The smallest absolute Gasteiger partial charge is 0.461 e. The quantitative estimate of drug-likeness (QED) is 0.743. The maximum atomic E-state index is 12.5. The van der Waals surface area contributed by atoms with Crippen LogP contribution in [-0.4, -0.2) is 31.4 Å². The van der Waals surface area contributed by atoms with Gasteiger partial charge in [-0.05, 0) is 23.7 Å². The zero-order valence-electron chi connectivity index (χ0n) is 12.9. The summed E-state index contributed by atoms with van der Waals surface area (Å²) in [7, 11) is 0. The van der Waals surface area contributed by atoms with Gasteiger partial charge in [-0.15, -0.1) is 0 Å². The number of esters is 1. The van der Waals surface area contributed by atoms with E-state index in [1.54, 1.807) is 0 Å². The molecule has 5 heteroatoms. The minimum Gasteiger partial charge on any atom is -0.461 e. The molecule has 1 saturated carbocycles. The Morgan fingerprint density at radius 3 is 2.40 bits per heavy atom. The Balaban J connectivity index is 1.94. The predicted molar refractivity (Wildman–Crippen MR) is 72.1 cm³/mol. The summed E-state index contributed by atoms with van der Waals surface area (Å²) >= 11 is 0. The normalized spacial score (nSPS) is 31.4. The first-order chi connectivity index (χ1) is 9.06. The van der Waals surface area contributed by atoms with Crippen molar-refractivity contribution >= 4 is 12.1 Å². The molecule has 2 fully saturated rings. The first-order valence-corrected chi connectivity index (χ1v) is 7.06. The minimum absolute atomic E-state index is 0.0276. The van der Waals surface area contributed by atoms with E-state index >= 15 is 0 Å². The van der Waals surface area contributed by atoms with Gasteiger partial charge in [-0.25, -0.2) is 4.79 Å². The van der Waals surface area contributed by atoms with Crippen molar-refractivity contribution < 1.29 is 23.8 Å². The van der Waals surface area contributed by atoms with Crippen LogP contribution in [0.25, 0.3) is 0 Å². The van der Waals surface area contributed by atoms with E-state index in [4.69, 9.17) is 9.47 Å². The molecule has 0 spiro atoms. The third-order valence-electron chi connectivity index (χ3n) is 4.19. The van der Waals surface area contributed by atoms with Gasteiger partial charge in [0.2, 0.25) is 0 Å². The summed E-state index contributed by atoms with van der Waals surface area (Å²) in [6.07, 6.45) is 0.478. The molecule has 20 heavy (non-hydrogen) atoms. The SMILES string of the molecule is CC(C)(C)CC1(C(=O)OCC2COC(=O)O2)CC1(C)C. The molecule has 1 aliphatic carbocycles. The first kappa shape index (κ1) is 15.1. The van der Waals surface area contributed by atoms with Crippen molar-refractivity contribution in [3.63, 3.8) is 0 Å². The Bertz CT molecular complexity index is 420. The van der Waals surface area contributed by atoms with Crippen molar-refractivity contribution in [2.45, 2.75) is 53.6 Å². The fourth-order valence-corrected chi connectivity index (χ4v) is 3.09. The van der Waals surface area contributed by atoms with E-state index in [9.17, 15) is 9.59 Å². The van der Waals surface area contributed by atoms with E-state index in [-0.39, 0.29) is 30.0 Å². The highest BCUT2D eigenvalue weighted by molar-refractivity contribution is 5.82. The van der Waals surface area contributed by atoms with Crippen LogP contribution in [0.2, 0.25) is 0 Å². The second-order valence-electron chi connectivity index (χ2n) is 7.78.